The number of hydrogen-bond donors (Lipinski definition) is 4. The number of likely N-dealkylation sites (tertiary alicyclic amines) is 1. The van der Waals surface area contributed by atoms with Gasteiger partial charge in [0.15, 0.2) is 0 Å². The summed E-state index contributed by atoms with van der Waals surface area (Å²) in [6, 6.07) is 0.276. The summed E-state index contributed by atoms with van der Waals surface area (Å²) in [7, 11) is 2.17. The van der Waals surface area contributed by atoms with Crippen molar-refractivity contribution < 1.29 is 9.90 Å². The van der Waals surface area contributed by atoms with Gasteiger partial charge in [-0.25, -0.2) is 4.98 Å². The lowest BCUT2D eigenvalue weighted by Crippen LogP contribution is -2.62. The van der Waals surface area contributed by atoms with Crippen molar-refractivity contribution in [2.75, 3.05) is 24.2 Å². The minimum atomic E-state index is -0.223. The number of aromatic nitrogens is 2. The predicted octanol–water partition coefficient (Wildman–Crippen LogP) is 3.79. The Morgan fingerprint density at radius 1 is 1.12 bits per heavy atom. The smallest absolute Gasteiger partial charge is 0.256 e. The van der Waals surface area contributed by atoms with E-state index in [2.05, 4.69) is 72.5 Å². The molecule has 4 N–H and O–H groups in total. The third kappa shape index (κ3) is 6.57. The molecule has 2 aliphatic rings. The summed E-state index contributed by atoms with van der Waals surface area (Å²) in [4.78, 5) is 24.9. The molecular weight excluding hydrogens is 416 g/mol. The van der Waals surface area contributed by atoms with Crippen LogP contribution in [0.15, 0.2) is 6.20 Å². The van der Waals surface area contributed by atoms with Crippen LogP contribution in [0.5, 0.6) is 0 Å². The Labute approximate surface area is 199 Å². The van der Waals surface area contributed by atoms with Crippen LogP contribution in [0.3, 0.4) is 0 Å². The number of nitrogens with zero attached hydrogens (tertiary/aromatic N) is 3. The zero-order valence-corrected chi connectivity index (χ0v) is 21.4. The van der Waals surface area contributed by atoms with E-state index in [0.29, 0.717) is 17.3 Å². The van der Waals surface area contributed by atoms with E-state index in [-0.39, 0.29) is 35.2 Å². The van der Waals surface area contributed by atoms with Crippen LogP contribution in [-0.4, -0.2) is 68.7 Å². The summed E-state index contributed by atoms with van der Waals surface area (Å²) >= 11 is 0. The van der Waals surface area contributed by atoms with Crippen molar-refractivity contribution in [1.29, 1.82) is 0 Å². The van der Waals surface area contributed by atoms with Crippen molar-refractivity contribution in [3.63, 3.8) is 0 Å². The van der Waals surface area contributed by atoms with Crippen molar-refractivity contribution in [3.8, 4) is 0 Å². The molecule has 0 spiro atoms. The second-order valence-corrected chi connectivity index (χ2v) is 11.1. The van der Waals surface area contributed by atoms with E-state index in [9.17, 15) is 9.90 Å². The number of nitrogens with one attached hydrogen (secondary N) is 3. The molecule has 8 nitrogen and oxygen atoms in total. The second-order valence-electron chi connectivity index (χ2n) is 11.1. The highest BCUT2D eigenvalue weighted by Gasteiger charge is 2.43. The normalized spacial score (nSPS) is 25.4. The summed E-state index contributed by atoms with van der Waals surface area (Å²) < 4.78 is 0. The molecule has 2 fully saturated rings. The first-order valence-corrected chi connectivity index (χ1v) is 12.6. The van der Waals surface area contributed by atoms with Gasteiger partial charge < -0.3 is 21.1 Å². The van der Waals surface area contributed by atoms with Gasteiger partial charge in [-0.3, -0.25) is 9.69 Å². The Bertz CT molecular complexity index is 786. The van der Waals surface area contributed by atoms with E-state index in [0.717, 1.165) is 57.9 Å². The fourth-order valence-corrected chi connectivity index (χ4v) is 5.27. The van der Waals surface area contributed by atoms with Crippen molar-refractivity contribution in [1.82, 2.24) is 20.2 Å². The van der Waals surface area contributed by atoms with Gasteiger partial charge in [0.25, 0.3) is 5.91 Å². The van der Waals surface area contributed by atoms with Crippen molar-refractivity contribution in [2.24, 2.45) is 0 Å². The van der Waals surface area contributed by atoms with Gasteiger partial charge in [0.1, 0.15) is 11.4 Å². The third-order valence-corrected chi connectivity index (χ3v) is 7.53. The molecule has 1 saturated heterocycles. The van der Waals surface area contributed by atoms with Crippen molar-refractivity contribution in [2.45, 2.75) is 115 Å². The first-order valence-electron chi connectivity index (χ1n) is 12.6. The topological polar surface area (TPSA) is 102 Å². The van der Waals surface area contributed by atoms with E-state index in [1.807, 2.05) is 0 Å². The number of hydrogen-bond acceptors (Lipinski definition) is 7. The van der Waals surface area contributed by atoms with E-state index in [1.165, 1.54) is 0 Å². The average molecular weight is 461 g/mol. The number of carbonyl (C=O) groups excluding carboxylic acids is 1. The van der Waals surface area contributed by atoms with Crippen LogP contribution >= 0.6 is 0 Å². The molecule has 1 aromatic rings. The van der Waals surface area contributed by atoms with Gasteiger partial charge in [0.05, 0.1) is 6.10 Å². The monoisotopic (exact) mass is 460 g/mol. The maximum Gasteiger partial charge on any atom is 0.256 e. The highest BCUT2D eigenvalue weighted by atomic mass is 16.3. The molecule has 0 bridgehead atoms. The Hall–Kier alpha value is -1.93. The first kappa shape index (κ1) is 25.7. The van der Waals surface area contributed by atoms with Crippen molar-refractivity contribution >= 4 is 17.7 Å². The zero-order chi connectivity index (χ0) is 24.2. The zero-order valence-electron chi connectivity index (χ0n) is 21.4. The fourth-order valence-electron chi connectivity index (χ4n) is 5.27. The van der Waals surface area contributed by atoms with Crippen LogP contribution in [0.25, 0.3) is 0 Å². The Morgan fingerprint density at radius 3 is 2.36 bits per heavy atom. The Kier molecular flexibility index (Phi) is 8.22. The fraction of sp³-hybridized carbons (Fsp3) is 0.800. The molecule has 186 valence electrons. The number of anilines is 2. The summed E-state index contributed by atoms with van der Waals surface area (Å²) in [5, 5.41) is 19.9. The van der Waals surface area contributed by atoms with Crippen LogP contribution in [0.2, 0.25) is 0 Å². The lowest BCUT2D eigenvalue weighted by atomic mass is 9.77. The Balaban J connectivity index is 1.77. The molecule has 1 aliphatic carbocycles. The lowest BCUT2D eigenvalue weighted by Gasteiger charge is -2.53. The number of unbranched alkanes of at least 4 members (excludes halogenated alkanes) is 1. The third-order valence-electron chi connectivity index (χ3n) is 7.53. The molecule has 2 heterocycles. The van der Waals surface area contributed by atoms with Crippen LogP contribution in [0, 0.1) is 0 Å². The predicted molar refractivity (Wildman–Crippen MR) is 134 cm³/mol. The van der Waals surface area contributed by atoms with Gasteiger partial charge in [0.2, 0.25) is 5.95 Å². The minimum absolute atomic E-state index is 0.00668. The van der Waals surface area contributed by atoms with Gasteiger partial charge in [-0.1, -0.05) is 13.3 Å². The van der Waals surface area contributed by atoms with Crippen LogP contribution in [0.1, 0.15) is 96.3 Å². The first-order chi connectivity index (χ1) is 15.5. The molecule has 0 unspecified atom stereocenters. The number of piperidine rings is 1. The second kappa shape index (κ2) is 10.6. The highest BCUT2D eigenvalue weighted by molar-refractivity contribution is 5.98. The molecule has 1 aromatic heterocycles. The number of aliphatic hydroxyl groups excluding tert-OH is 1. The maximum absolute atomic E-state index is 13.4. The van der Waals surface area contributed by atoms with Crippen molar-refractivity contribution in [3.05, 3.63) is 11.8 Å². The molecule has 0 radical (unpaired) electrons. The standard InChI is InChI=1S/C25H44N6O2/c1-7-8-13-26-23-27-16-20(21(30-23)28-17-9-11-19(32)12-10-17)22(33)29-18-14-24(2,3)31(6)25(4,5)15-18/h16-19,32H,7-15H2,1-6H3,(H,29,33)(H2,26,27,28,30)/t17-,19-. The maximum atomic E-state index is 13.4. The molecule has 0 atom stereocenters. The number of aliphatic hydroxyl groups is 1. The quantitative estimate of drug-likeness (QED) is 0.438. The summed E-state index contributed by atoms with van der Waals surface area (Å²) in [5.74, 6) is 0.990. The number of carbonyl (C=O) groups is 1. The summed E-state index contributed by atoms with van der Waals surface area (Å²) in [6.07, 6.45) is 8.59. The molecule has 3 rings (SSSR count). The molecule has 1 amide bonds. The van der Waals surface area contributed by atoms with E-state index in [1.54, 1.807) is 6.20 Å². The van der Waals surface area contributed by atoms with Crippen LogP contribution < -0.4 is 16.0 Å². The molecule has 0 aromatic carbocycles. The SMILES string of the molecule is CCCCNc1ncc(C(=O)NC2CC(C)(C)N(C)C(C)(C)C2)c(N[C@H]2CC[C@H](O)CC2)n1. The lowest BCUT2D eigenvalue weighted by molar-refractivity contribution is -0.0169. The molecule has 1 saturated carbocycles. The molecule has 33 heavy (non-hydrogen) atoms. The average Bonchev–Trinajstić information content (AvgIpc) is 2.73. The van der Waals surface area contributed by atoms with E-state index < -0.39 is 0 Å². The highest BCUT2D eigenvalue weighted by Crippen LogP contribution is 2.37. The summed E-state index contributed by atoms with van der Waals surface area (Å²) in [6.45, 7) is 11.9. The van der Waals surface area contributed by atoms with Gasteiger partial charge in [-0.05, 0) is 79.7 Å². The van der Waals surface area contributed by atoms with E-state index in [4.69, 9.17) is 0 Å². The van der Waals surface area contributed by atoms with E-state index >= 15 is 0 Å². The largest absolute Gasteiger partial charge is 0.393 e. The van der Waals surface area contributed by atoms with Crippen LogP contribution in [0.4, 0.5) is 11.8 Å². The van der Waals surface area contributed by atoms with Gasteiger partial charge in [-0.2, -0.15) is 4.98 Å². The minimum Gasteiger partial charge on any atom is -0.393 e. The summed E-state index contributed by atoms with van der Waals surface area (Å²) in [5.41, 5.74) is 0.470. The molecular formula is C25H44N6O2. The van der Waals surface area contributed by atoms with Gasteiger partial charge >= 0.3 is 0 Å². The van der Waals surface area contributed by atoms with Gasteiger partial charge in [0, 0.05) is 35.9 Å². The number of rotatable bonds is 8. The Morgan fingerprint density at radius 2 is 1.76 bits per heavy atom. The number of amides is 1. The van der Waals surface area contributed by atoms with Crippen LogP contribution in [-0.2, 0) is 0 Å². The van der Waals surface area contributed by atoms with Gasteiger partial charge in [-0.15, -0.1) is 0 Å². The molecule has 1 aliphatic heterocycles. The molecule has 8 heteroatoms.